The molecule has 1 saturated carbocycles. The van der Waals surface area contributed by atoms with Crippen molar-refractivity contribution >= 4 is 11.6 Å². The van der Waals surface area contributed by atoms with Crippen LogP contribution in [-0.2, 0) is 11.3 Å². The Hall–Kier alpha value is -1.01. The van der Waals surface area contributed by atoms with Gasteiger partial charge in [0.2, 0.25) is 6.79 Å². The van der Waals surface area contributed by atoms with Crippen LogP contribution in [0.1, 0.15) is 18.4 Å². The van der Waals surface area contributed by atoms with E-state index in [1.807, 2.05) is 12.1 Å². The number of hydrogen-bond donors (Lipinski definition) is 0. The SMILES string of the molecule is Clc1cc2c(cc1CN1CCN3[C@@H](COC[C@@H]3C3CC3)C1)OCO2. The molecule has 6 heteroatoms. The van der Waals surface area contributed by atoms with Crippen molar-refractivity contribution in [3.05, 3.63) is 22.7 Å². The van der Waals surface area contributed by atoms with Crippen LogP contribution in [-0.4, -0.2) is 61.5 Å². The lowest BCUT2D eigenvalue weighted by atomic mass is 10.0. The maximum Gasteiger partial charge on any atom is 0.231 e. The Morgan fingerprint density at radius 1 is 1.08 bits per heavy atom. The fraction of sp³-hybridized carbons (Fsp3) is 0.667. The van der Waals surface area contributed by atoms with Crippen LogP contribution in [0.2, 0.25) is 5.02 Å². The fourth-order valence-electron chi connectivity index (χ4n) is 4.29. The van der Waals surface area contributed by atoms with Crippen molar-refractivity contribution < 1.29 is 14.2 Å². The molecule has 130 valence electrons. The zero-order valence-electron chi connectivity index (χ0n) is 13.7. The number of fused-ring (bicyclic) bond motifs is 2. The van der Waals surface area contributed by atoms with Crippen molar-refractivity contribution in [3.8, 4) is 11.5 Å². The van der Waals surface area contributed by atoms with Crippen LogP contribution in [0.5, 0.6) is 11.5 Å². The van der Waals surface area contributed by atoms with Crippen LogP contribution >= 0.6 is 11.6 Å². The highest BCUT2D eigenvalue weighted by Crippen LogP contribution is 2.39. The third-order valence-electron chi connectivity index (χ3n) is 5.74. The second-order valence-electron chi connectivity index (χ2n) is 7.37. The number of morpholine rings is 1. The molecule has 1 aromatic carbocycles. The van der Waals surface area contributed by atoms with E-state index in [1.165, 1.54) is 12.8 Å². The van der Waals surface area contributed by atoms with Gasteiger partial charge < -0.3 is 14.2 Å². The Bertz CT molecular complexity index is 637. The molecule has 3 fully saturated rings. The average molecular weight is 351 g/mol. The summed E-state index contributed by atoms with van der Waals surface area (Å²) in [7, 11) is 0. The van der Waals surface area contributed by atoms with E-state index in [1.54, 1.807) is 0 Å². The number of hydrogen-bond acceptors (Lipinski definition) is 5. The standard InChI is InChI=1S/C18H23ClN2O3/c19-15-6-18-17(23-11-24-18)5-13(15)7-20-3-4-21-14(8-20)9-22-10-16(21)12-1-2-12/h5-6,12,14,16H,1-4,7-11H2/t14-,16-/m1/s1. The Morgan fingerprint density at radius 2 is 1.92 bits per heavy atom. The smallest absolute Gasteiger partial charge is 0.231 e. The molecule has 4 aliphatic rings. The molecule has 0 N–H and O–H groups in total. The molecular formula is C18H23ClN2O3. The van der Waals surface area contributed by atoms with Gasteiger partial charge in [0.05, 0.1) is 13.2 Å². The Labute approximate surface area is 147 Å². The van der Waals surface area contributed by atoms with Gasteiger partial charge in [-0.3, -0.25) is 9.80 Å². The number of ether oxygens (including phenoxy) is 3. The number of halogens is 1. The fourth-order valence-corrected chi connectivity index (χ4v) is 4.51. The topological polar surface area (TPSA) is 34.2 Å². The molecule has 0 radical (unpaired) electrons. The molecule has 5 rings (SSSR count). The van der Waals surface area contributed by atoms with Crippen LogP contribution in [0.3, 0.4) is 0 Å². The summed E-state index contributed by atoms with van der Waals surface area (Å²) >= 11 is 6.44. The Balaban J connectivity index is 1.28. The summed E-state index contributed by atoms with van der Waals surface area (Å²) in [5.74, 6) is 2.44. The van der Waals surface area contributed by atoms with Gasteiger partial charge in [-0.2, -0.15) is 0 Å². The maximum absolute atomic E-state index is 6.44. The van der Waals surface area contributed by atoms with E-state index < -0.39 is 0 Å². The Kier molecular flexibility index (Phi) is 3.85. The molecule has 0 unspecified atom stereocenters. The molecule has 1 aromatic rings. The summed E-state index contributed by atoms with van der Waals surface area (Å²) < 4.78 is 16.8. The largest absolute Gasteiger partial charge is 0.454 e. The molecule has 0 aromatic heterocycles. The zero-order valence-corrected chi connectivity index (χ0v) is 14.5. The van der Waals surface area contributed by atoms with Gasteiger partial charge in [-0.05, 0) is 30.4 Å². The molecule has 2 saturated heterocycles. The summed E-state index contributed by atoms with van der Waals surface area (Å²) in [6, 6.07) is 5.08. The molecule has 2 atom stereocenters. The van der Waals surface area contributed by atoms with Gasteiger partial charge in [0, 0.05) is 49.4 Å². The maximum atomic E-state index is 6.44. The second kappa shape index (κ2) is 6.06. The van der Waals surface area contributed by atoms with Crippen molar-refractivity contribution in [3.63, 3.8) is 0 Å². The molecule has 0 amide bonds. The minimum atomic E-state index is 0.287. The molecule has 1 aliphatic carbocycles. The highest BCUT2D eigenvalue weighted by atomic mass is 35.5. The van der Waals surface area contributed by atoms with E-state index in [4.69, 9.17) is 25.8 Å². The van der Waals surface area contributed by atoms with E-state index >= 15 is 0 Å². The molecule has 3 aliphatic heterocycles. The van der Waals surface area contributed by atoms with E-state index in [9.17, 15) is 0 Å². The van der Waals surface area contributed by atoms with Gasteiger partial charge in [-0.1, -0.05) is 11.6 Å². The van der Waals surface area contributed by atoms with Crippen LogP contribution < -0.4 is 9.47 Å². The van der Waals surface area contributed by atoms with Crippen molar-refractivity contribution in [2.24, 2.45) is 5.92 Å². The van der Waals surface area contributed by atoms with Crippen molar-refractivity contribution in [2.75, 3.05) is 39.6 Å². The van der Waals surface area contributed by atoms with Gasteiger partial charge in [-0.25, -0.2) is 0 Å². The molecule has 0 bridgehead atoms. The number of piperazine rings is 1. The summed E-state index contributed by atoms with van der Waals surface area (Å²) in [6.07, 6.45) is 2.77. The first-order valence-electron chi connectivity index (χ1n) is 8.92. The van der Waals surface area contributed by atoms with E-state index in [2.05, 4.69) is 9.80 Å². The first-order valence-corrected chi connectivity index (χ1v) is 9.29. The van der Waals surface area contributed by atoms with Crippen molar-refractivity contribution in [1.29, 1.82) is 0 Å². The lowest BCUT2D eigenvalue weighted by molar-refractivity contribution is -0.0880. The lowest BCUT2D eigenvalue weighted by Crippen LogP contribution is -2.62. The number of rotatable bonds is 3. The first kappa shape index (κ1) is 15.3. The molecular weight excluding hydrogens is 328 g/mol. The third kappa shape index (κ3) is 2.77. The predicted octanol–water partition coefficient (Wildman–Crippen LogP) is 2.36. The summed E-state index contributed by atoms with van der Waals surface area (Å²) in [6.45, 7) is 6.20. The van der Waals surface area contributed by atoms with Crippen LogP contribution in [0.4, 0.5) is 0 Å². The van der Waals surface area contributed by atoms with E-state index in [0.29, 0.717) is 12.1 Å². The molecule has 0 spiro atoms. The van der Waals surface area contributed by atoms with Crippen LogP contribution in [0, 0.1) is 5.92 Å². The molecule has 5 nitrogen and oxygen atoms in total. The lowest BCUT2D eigenvalue weighted by Gasteiger charge is -2.48. The number of benzene rings is 1. The van der Waals surface area contributed by atoms with Gasteiger partial charge in [-0.15, -0.1) is 0 Å². The highest BCUT2D eigenvalue weighted by molar-refractivity contribution is 6.31. The predicted molar refractivity (Wildman–Crippen MR) is 90.7 cm³/mol. The highest BCUT2D eigenvalue weighted by Gasteiger charge is 2.42. The summed E-state index contributed by atoms with van der Waals surface area (Å²) in [5.41, 5.74) is 1.12. The minimum absolute atomic E-state index is 0.287. The monoisotopic (exact) mass is 350 g/mol. The normalized spacial score (nSPS) is 30.4. The van der Waals surface area contributed by atoms with E-state index in [0.717, 1.165) is 67.4 Å². The van der Waals surface area contributed by atoms with Gasteiger partial charge in [0.1, 0.15) is 0 Å². The van der Waals surface area contributed by atoms with Gasteiger partial charge in [0.15, 0.2) is 11.5 Å². The minimum Gasteiger partial charge on any atom is -0.454 e. The van der Waals surface area contributed by atoms with Crippen LogP contribution in [0.15, 0.2) is 12.1 Å². The molecule has 24 heavy (non-hydrogen) atoms. The second-order valence-corrected chi connectivity index (χ2v) is 7.77. The van der Waals surface area contributed by atoms with Gasteiger partial charge >= 0.3 is 0 Å². The van der Waals surface area contributed by atoms with Crippen molar-refractivity contribution in [2.45, 2.75) is 31.5 Å². The van der Waals surface area contributed by atoms with Gasteiger partial charge in [0.25, 0.3) is 0 Å². The zero-order chi connectivity index (χ0) is 16.1. The van der Waals surface area contributed by atoms with Crippen molar-refractivity contribution in [1.82, 2.24) is 9.80 Å². The molecule has 3 heterocycles. The summed E-state index contributed by atoms with van der Waals surface area (Å²) in [5, 5.41) is 0.762. The van der Waals surface area contributed by atoms with E-state index in [-0.39, 0.29) is 6.79 Å². The Morgan fingerprint density at radius 3 is 2.75 bits per heavy atom. The average Bonchev–Trinajstić information content (AvgIpc) is 3.34. The van der Waals surface area contributed by atoms with Crippen LogP contribution in [0.25, 0.3) is 0 Å². The summed E-state index contributed by atoms with van der Waals surface area (Å²) in [4.78, 5) is 5.20. The third-order valence-corrected chi connectivity index (χ3v) is 6.09. The first-order chi connectivity index (χ1) is 11.8. The number of nitrogens with zero attached hydrogens (tertiary/aromatic N) is 2. The quantitative estimate of drug-likeness (QED) is 0.836.